The van der Waals surface area contributed by atoms with Crippen molar-refractivity contribution in [3.8, 4) is 5.75 Å². The molecular weight excluding hydrogens is 240 g/mol. The number of benzene rings is 1. The van der Waals surface area contributed by atoms with E-state index in [0.29, 0.717) is 13.0 Å². The van der Waals surface area contributed by atoms with E-state index in [9.17, 15) is 4.79 Å². The van der Waals surface area contributed by atoms with E-state index in [-0.39, 0.29) is 5.91 Å². The fourth-order valence-electron chi connectivity index (χ4n) is 2.43. The minimum absolute atomic E-state index is 0.00124. The van der Waals surface area contributed by atoms with Gasteiger partial charge in [-0.3, -0.25) is 9.36 Å². The average molecular weight is 256 g/mol. The number of imidazole rings is 1. The van der Waals surface area contributed by atoms with E-state index in [1.807, 2.05) is 6.07 Å². The zero-order valence-corrected chi connectivity index (χ0v) is 10.7. The van der Waals surface area contributed by atoms with E-state index < -0.39 is 0 Å². The molecule has 0 aliphatic heterocycles. The van der Waals surface area contributed by atoms with Gasteiger partial charge in [-0.1, -0.05) is 6.07 Å². The van der Waals surface area contributed by atoms with Crippen LogP contribution in [0.4, 0.5) is 0 Å². The summed E-state index contributed by atoms with van der Waals surface area (Å²) >= 11 is 0. The van der Waals surface area contributed by atoms with Crippen molar-refractivity contribution in [3.05, 3.63) is 48.0 Å². The third kappa shape index (κ3) is 2.67. The van der Waals surface area contributed by atoms with Gasteiger partial charge in [-0.25, -0.2) is 4.98 Å². The third-order valence-corrected chi connectivity index (χ3v) is 3.45. The number of carbonyl (C=O) groups excluding carboxylic acids is 1. The van der Waals surface area contributed by atoms with Crippen molar-refractivity contribution in [1.82, 2.24) is 9.55 Å². The molecule has 0 fully saturated rings. The lowest BCUT2D eigenvalue weighted by atomic mass is 10.1. The fourth-order valence-corrected chi connectivity index (χ4v) is 2.43. The Bertz CT molecular complexity index is 576. The monoisotopic (exact) mass is 256 g/mol. The molecule has 1 heterocycles. The Kier molecular flexibility index (Phi) is 3.31. The van der Waals surface area contributed by atoms with E-state index in [0.717, 1.165) is 12.2 Å². The Morgan fingerprint density at radius 2 is 2.21 bits per heavy atom. The van der Waals surface area contributed by atoms with E-state index in [1.165, 1.54) is 34.9 Å². The molecule has 0 spiro atoms. The maximum atomic E-state index is 11.7. The van der Waals surface area contributed by atoms with Gasteiger partial charge in [-0.15, -0.1) is 0 Å². The number of ether oxygens (including phenoxy) is 1. The number of hydrogen-bond acceptors (Lipinski definition) is 3. The minimum atomic E-state index is -0.00124. The van der Waals surface area contributed by atoms with Crippen molar-refractivity contribution >= 4 is 5.91 Å². The zero-order valence-electron chi connectivity index (χ0n) is 10.7. The molecule has 0 unspecified atom stereocenters. The number of nitrogens with zero attached hydrogens (tertiary/aromatic N) is 2. The maximum absolute atomic E-state index is 11.7. The van der Waals surface area contributed by atoms with Crippen LogP contribution in [0.5, 0.6) is 5.75 Å². The van der Waals surface area contributed by atoms with Gasteiger partial charge < -0.3 is 4.74 Å². The highest BCUT2D eigenvalue weighted by Gasteiger charge is 2.11. The first-order valence-electron chi connectivity index (χ1n) is 6.59. The molecule has 3 rings (SSSR count). The first kappa shape index (κ1) is 12.0. The van der Waals surface area contributed by atoms with Gasteiger partial charge in [-0.05, 0) is 42.5 Å². The van der Waals surface area contributed by atoms with Crippen LogP contribution in [0.25, 0.3) is 0 Å². The zero-order chi connectivity index (χ0) is 13.1. The second-order valence-electron chi connectivity index (χ2n) is 4.75. The summed E-state index contributed by atoms with van der Waals surface area (Å²) in [6.45, 7) is 0.399. The number of aryl methyl sites for hydroxylation is 2. The van der Waals surface area contributed by atoms with Gasteiger partial charge in [0.05, 0.1) is 13.0 Å². The van der Waals surface area contributed by atoms with Gasteiger partial charge in [0.2, 0.25) is 5.91 Å². The minimum Gasteiger partial charge on any atom is -0.493 e. The van der Waals surface area contributed by atoms with Crippen molar-refractivity contribution in [2.24, 2.45) is 0 Å². The van der Waals surface area contributed by atoms with E-state index in [1.54, 1.807) is 12.4 Å². The lowest BCUT2D eigenvalue weighted by molar-refractivity contribution is 0.0881. The number of carbonyl (C=O) groups is 1. The molecule has 0 atom stereocenters. The maximum Gasteiger partial charge on any atom is 0.235 e. The second-order valence-corrected chi connectivity index (χ2v) is 4.75. The van der Waals surface area contributed by atoms with Crippen molar-refractivity contribution in [2.75, 3.05) is 6.61 Å². The summed E-state index contributed by atoms with van der Waals surface area (Å²) in [5.41, 5.74) is 2.82. The van der Waals surface area contributed by atoms with E-state index >= 15 is 0 Å². The van der Waals surface area contributed by atoms with Gasteiger partial charge in [0.1, 0.15) is 12.1 Å². The Morgan fingerprint density at radius 3 is 3.05 bits per heavy atom. The molecule has 0 saturated heterocycles. The molecule has 19 heavy (non-hydrogen) atoms. The molecule has 1 aromatic carbocycles. The molecule has 1 aromatic heterocycles. The van der Waals surface area contributed by atoms with E-state index in [4.69, 9.17) is 4.74 Å². The van der Waals surface area contributed by atoms with Gasteiger partial charge in [-0.2, -0.15) is 0 Å². The van der Waals surface area contributed by atoms with Crippen molar-refractivity contribution in [3.63, 3.8) is 0 Å². The molecule has 0 saturated carbocycles. The standard InChI is InChI=1S/C15H16N2O2/c18-15(17-8-7-16-11-17)6-9-19-14-5-4-12-2-1-3-13(12)10-14/h4-5,7-8,10-11H,1-3,6,9H2. The molecule has 4 nitrogen and oxygen atoms in total. The summed E-state index contributed by atoms with van der Waals surface area (Å²) in [5, 5.41) is 0. The molecule has 4 heteroatoms. The number of aromatic nitrogens is 2. The Labute approximate surface area is 112 Å². The summed E-state index contributed by atoms with van der Waals surface area (Å²) in [7, 11) is 0. The van der Waals surface area contributed by atoms with Crippen molar-refractivity contribution in [2.45, 2.75) is 25.7 Å². The highest BCUT2D eigenvalue weighted by Crippen LogP contribution is 2.26. The van der Waals surface area contributed by atoms with Gasteiger partial charge >= 0.3 is 0 Å². The van der Waals surface area contributed by atoms with Crippen LogP contribution in [-0.2, 0) is 12.8 Å². The highest BCUT2D eigenvalue weighted by atomic mass is 16.5. The third-order valence-electron chi connectivity index (χ3n) is 3.45. The van der Waals surface area contributed by atoms with Gasteiger partial charge in [0, 0.05) is 12.4 Å². The molecule has 0 bridgehead atoms. The lowest BCUT2D eigenvalue weighted by Crippen LogP contribution is -2.12. The van der Waals surface area contributed by atoms with Crippen molar-refractivity contribution < 1.29 is 9.53 Å². The average Bonchev–Trinajstić information content (AvgIpc) is 3.09. The molecule has 98 valence electrons. The highest BCUT2D eigenvalue weighted by molar-refractivity contribution is 5.78. The Hall–Kier alpha value is -2.10. The summed E-state index contributed by atoms with van der Waals surface area (Å²) < 4.78 is 7.12. The number of rotatable bonds is 4. The first-order chi connectivity index (χ1) is 9.33. The normalized spacial score (nSPS) is 13.3. The molecule has 1 aliphatic carbocycles. The summed E-state index contributed by atoms with van der Waals surface area (Å²) in [6, 6.07) is 6.23. The number of fused-ring (bicyclic) bond motifs is 1. The SMILES string of the molecule is O=C(CCOc1ccc2c(c1)CCC2)n1ccnc1. The second kappa shape index (κ2) is 5.26. The van der Waals surface area contributed by atoms with Crippen LogP contribution < -0.4 is 4.74 Å². The van der Waals surface area contributed by atoms with Crippen LogP contribution >= 0.6 is 0 Å². The molecule has 1 aliphatic rings. The van der Waals surface area contributed by atoms with Crippen LogP contribution in [0.2, 0.25) is 0 Å². The fraction of sp³-hybridized carbons (Fsp3) is 0.333. The van der Waals surface area contributed by atoms with Crippen LogP contribution in [0, 0.1) is 0 Å². The van der Waals surface area contributed by atoms with Crippen LogP contribution in [0.15, 0.2) is 36.9 Å². The van der Waals surface area contributed by atoms with Crippen LogP contribution in [-0.4, -0.2) is 22.1 Å². The molecule has 2 aromatic rings. The summed E-state index contributed by atoms with van der Waals surface area (Å²) in [5.74, 6) is 0.859. The summed E-state index contributed by atoms with van der Waals surface area (Å²) in [4.78, 5) is 15.6. The quantitative estimate of drug-likeness (QED) is 0.844. The van der Waals surface area contributed by atoms with Crippen LogP contribution in [0.1, 0.15) is 28.8 Å². The number of hydrogen-bond donors (Lipinski definition) is 0. The molecular formula is C15H16N2O2. The topological polar surface area (TPSA) is 44.1 Å². The predicted molar refractivity (Wildman–Crippen MR) is 71.4 cm³/mol. The Balaban J connectivity index is 1.54. The van der Waals surface area contributed by atoms with Crippen LogP contribution in [0.3, 0.4) is 0 Å². The van der Waals surface area contributed by atoms with Crippen molar-refractivity contribution in [1.29, 1.82) is 0 Å². The molecule has 0 N–H and O–H groups in total. The first-order valence-corrected chi connectivity index (χ1v) is 6.59. The molecule has 0 radical (unpaired) electrons. The largest absolute Gasteiger partial charge is 0.493 e. The van der Waals surface area contributed by atoms with Gasteiger partial charge in [0.25, 0.3) is 0 Å². The van der Waals surface area contributed by atoms with Gasteiger partial charge in [0.15, 0.2) is 0 Å². The molecule has 0 amide bonds. The summed E-state index contributed by atoms with van der Waals surface area (Å²) in [6.07, 6.45) is 8.66. The van der Waals surface area contributed by atoms with E-state index in [2.05, 4.69) is 17.1 Å². The smallest absolute Gasteiger partial charge is 0.235 e. The predicted octanol–water partition coefficient (Wildman–Crippen LogP) is 2.48. The Morgan fingerprint density at radius 1 is 1.32 bits per heavy atom. The lowest BCUT2D eigenvalue weighted by Gasteiger charge is -2.08.